The van der Waals surface area contributed by atoms with Gasteiger partial charge in [-0.25, -0.2) is 0 Å². The van der Waals surface area contributed by atoms with E-state index in [0.717, 1.165) is 6.42 Å². The highest BCUT2D eigenvalue weighted by atomic mass is 32.2. The summed E-state index contributed by atoms with van der Waals surface area (Å²) in [5.74, 6) is 0.0668. The van der Waals surface area contributed by atoms with Crippen LogP contribution in [0.3, 0.4) is 0 Å². The molecule has 1 aliphatic carbocycles. The van der Waals surface area contributed by atoms with Gasteiger partial charge in [-0.3, -0.25) is 4.18 Å². The molecular formula is C5H9O3S. The van der Waals surface area contributed by atoms with Gasteiger partial charge in [0.1, 0.15) is 0 Å². The summed E-state index contributed by atoms with van der Waals surface area (Å²) < 4.78 is 25.8. The zero-order valence-electron chi connectivity index (χ0n) is 5.20. The Bertz CT molecular complexity index is 178. The first-order valence-electron chi connectivity index (χ1n) is 2.88. The van der Waals surface area contributed by atoms with Crippen molar-refractivity contribution in [3.8, 4) is 0 Å². The summed E-state index contributed by atoms with van der Waals surface area (Å²) in [6.07, 6.45) is 2.47. The fraction of sp³-hybridized carbons (Fsp3) is 0.800. The van der Waals surface area contributed by atoms with E-state index < -0.39 is 10.1 Å². The lowest BCUT2D eigenvalue weighted by Crippen LogP contribution is -2.09. The summed E-state index contributed by atoms with van der Waals surface area (Å²) in [5, 5.41) is 0. The molecular weight excluding hydrogens is 140 g/mol. The van der Waals surface area contributed by atoms with Crippen molar-refractivity contribution in [2.75, 3.05) is 5.75 Å². The van der Waals surface area contributed by atoms with E-state index in [4.69, 9.17) is 0 Å². The fourth-order valence-corrected chi connectivity index (χ4v) is 1.06. The molecule has 0 aromatic rings. The zero-order valence-corrected chi connectivity index (χ0v) is 6.02. The zero-order chi connectivity index (χ0) is 6.91. The molecule has 1 fully saturated rings. The molecule has 0 amide bonds. The van der Waals surface area contributed by atoms with E-state index in [1.165, 1.54) is 0 Å². The van der Waals surface area contributed by atoms with Gasteiger partial charge in [-0.05, 0) is 19.8 Å². The largest absolute Gasteiger partial charge is 0.267 e. The summed E-state index contributed by atoms with van der Waals surface area (Å²) in [6, 6.07) is 0. The third-order valence-corrected chi connectivity index (χ3v) is 2.30. The number of hydrogen-bond acceptors (Lipinski definition) is 3. The molecule has 0 aromatic carbocycles. The van der Waals surface area contributed by atoms with Crippen LogP contribution in [0.25, 0.3) is 0 Å². The lowest BCUT2D eigenvalue weighted by Gasteiger charge is -1.97. The highest BCUT2D eigenvalue weighted by Crippen LogP contribution is 2.23. The molecule has 0 bridgehead atoms. The Labute approximate surface area is 55.1 Å². The van der Waals surface area contributed by atoms with E-state index in [1.54, 1.807) is 6.92 Å². The van der Waals surface area contributed by atoms with Gasteiger partial charge in [0.2, 0.25) is 0 Å². The van der Waals surface area contributed by atoms with Crippen LogP contribution in [-0.2, 0) is 14.3 Å². The van der Waals surface area contributed by atoms with Crippen molar-refractivity contribution in [3.63, 3.8) is 0 Å². The highest BCUT2D eigenvalue weighted by Gasteiger charge is 2.28. The first-order chi connectivity index (χ1) is 4.14. The van der Waals surface area contributed by atoms with Gasteiger partial charge in [-0.15, -0.1) is 0 Å². The van der Waals surface area contributed by atoms with Crippen LogP contribution < -0.4 is 0 Å². The second-order valence-corrected chi connectivity index (χ2v) is 3.84. The average Bonchev–Trinajstić information content (AvgIpc) is 2.50. The van der Waals surface area contributed by atoms with E-state index in [2.05, 4.69) is 4.18 Å². The van der Waals surface area contributed by atoms with Gasteiger partial charge in [0.25, 0.3) is 10.1 Å². The van der Waals surface area contributed by atoms with Crippen LogP contribution in [0.15, 0.2) is 0 Å². The molecule has 0 N–H and O–H groups in total. The number of rotatable bonds is 3. The Balaban J connectivity index is 2.40. The second-order valence-electron chi connectivity index (χ2n) is 1.95. The predicted molar refractivity (Wildman–Crippen MR) is 33.3 cm³/mol. The van der Waals surface area contributed by atoms with Crippen LogP contribution in [0.4, 0.5) is 0 Å². The molecule has 53 valence electrons. The number of hydrogen-bond donors (Lipinski definition) is 0. The van der Waals surface area contributed by atoms with Crippen LogP contribution in [0.5, 0.6) is 0 Å². The maximum absolute atomic E-state index is 10.6. The standard InChI is InChI=1S/C5H9O3S/c1-2-9(6,7)8-5-3-4-5/h3,5H,2,4H2,1H3. The maximum atomic E-state index is 10.6. The quantitative estimate of drug-likeness (QED) is 0.543. The van der Waals surface area contributed by atoms with Gasteiger partial charge in [0.15, 0.2) is 0 Å². The van der Waals surface area contributed by atoms with Crippen molar-refractivity contribution in [2.24, 2.45) is 0 Å². The Hall–Kier alpha value is -0.0900. The van der Waals surface area contributed by atoms with E-state index >= 15 is 0 Å². The van der Waals surface area contributed by atoms with Crippen molar-refractivity contribution >= 4 is 10.1 Å². The minimum absolute atomic E-state index is 0.0668. The van der Waals surface area contributed by atoms with Crippen molar-refractivity contribution in [3.05, 3.63) is 6.42 Å². The van der Waals surface area contributed by atoms with Crippen molar-refractivity contribution in [1.82, 2.24) is 0 Å². The van der Waals surface area contributed by atoms with Gasteiger partial charge in [-0.1, -0.05) is 0 Å². The fourth-order valence-electron chi connectivity index (χ4n) is 0.390. The van der Waals surface area contributed by atoms with E-state index in [9.17, 15) is 8.42 Å². The van der Waals surface area contributed by atoms with Gasteiger partial charge in [0.05, 0.1) is 11.9 Å². The van der Waals surface area contributed by atoms with Crippen molar-refractivity contribution < 1.29 is 12.6 Å². The van der Waals surface area contributed by atoms with Crippen LogP contribution in [0.1, 0.15) is 13.3 Å². The molecule has 1 unspecified atom stereocenters. The first kappa shape index (κ1) is 7.02. The normalized spacial score (nSPS) is 20.1. The summed E-state index contributed by atoms with van der Waals surface area (Å²) in [5.41, 5.74) is 0. The lowest BCUT2D eigenvalue weighted by molar-refractivity contribution is 0.315. The second kappa shape index (κ2) is 2.27. The molecule has 0 aromatic heterocycles. The lowest BCUT2D eigenvalue weighted by atomic mass is 10.9. The van der Waals surface area contributed by atoms with Gasteiger partial charge in [0, 0.05) is 0 Å². The Morgan fingerprint density at radius 2 is 2.33 bits per heavy atom. The molecule has 1 atom stereocenters. The highest BCUT2D eigenvalue weighted by molar-refractivity contribution is 7.86. The third kappa shape index (κ3) is 2.32. The van der Waals surface area contributed by atoms with Gasteiger partial charge in [-0.2, -0.15) is 8.42 Å². The van der Waals surface area contributed by atoms with Crippen LogP contribution >= 0.6 is 0 Å². The van der Waals surface area contributed by atoms with Crippen LogP contribution in [-0.4, -0.2) is 20.3 Å². The molecule has 9 heavy (non-hydrogen) atoms. The van der Waals surface area contributed by atoms with Crippen molar-refractivity contribution in [1.29, 1.82) is 0 Å². The van der Waals surface area contributed by atoms with Gasteiger partial charge < -0.3 is 0 Å². The third-order valence-electron chi connectivity index (χ3n) is 1.05. The predicted octanol–water partition coefficient (Wildman–Crippen LogP) is 0.329. The smallest absolute Gasteiger partial charge is 0.266 e. The maximum Gasteiger partial charge on any atom is 0.267 e. The average molecular weight is 149 g/mol. The van der Waals surface area contributed by atoms with E-state index in [0.29, 0.717) is 0 Å². The molecule has 1 saturated carbocycles. The molecule has 0 heterocycles. The molecule has 3 nitrogen and oxygen atoms in total. The van der Waals surface area contributed by atoms with E-state index in [-0.39, 0.29) is 11.9 Å². The Morgan fingerprint density at radius 1 is 1.78 bits per heavy atom. The monoisotopic (exact) mass is 149 g/mol. The molecule has 4 heteroatoms. The Kier molecular flexibility index (Phi) is 1.77. The summed E-state index contributed by atoms with van der Waals surface area (Å²) >= 11 is 0. The molecule has 1 aliphatic rings. The minimum Gasteiger partial charge on any atom is -0.266 e. The molecule has 1 rings (SSSR count). The SMILES string of the molecule is CCS(=O)(=O)OC1[CH]C1. The molecule has 0 aliphatic heterocycles. The minimum atomic E-state index is -3.19. The summed E-state index contributed by atoms with van der Waals surface area (Å²) in [6.45, 7) is 1.57. The summed E-state index contributed by atoms with van der Waals surface area (Å²) in [7, 11) is -3.19. The van der Waals surface area contributed by atoms with E-state index in [1.807, 2.05) is 6.42 Å². The molecule has 0 saturated heterocycles. The van der Waals surface area contributed by atoms with Crippen molar-refractivity contribution in [2.45, 2.75) is 19.4 Å². The topological polar surface area (TPSA) is 43.4 Å². The van der Waals surface area contributed by atoms with Gasteiger partial charge >= 0.3 is 0 Å². The molecule has 0 spiro atoms. The first-order valence-corrected chi connectivity index (χ1v) is 4.46. The molecule has 1 radical (unpaired) electrons. The summed E-state index contributed by atoms with van der Waals surface area (Å²) in [4.78, 5) is 0. The van der Waals surface area contributed by atoms with Crippen LogP contribution in [0.2, 0.25) is 0 Å². The Morgan fingerprint density at radius 3 is 2.67 bits per heavy atom. The van der Waals surface area contributed by atoms with Crippen LogP contribution in [0, 0.1) is 6.42 Å².